The summed E-state index contributed by atoms with van der Waals surface area (Å²) in [7, 11) is 0. The standard InChI is InChI=1S/C10H10N2O2S2.Na/c13-16(14)6-5-15-10-7-11-8-3-1-2-4-9(8)12-10;/h1-4,7H,5-6H2,(H,13,14);/q;+1/p-1. The molecule has 2 aromatic rings. The maximum atomic E-state index is 10.4. The summed E-state index contributed by atoms with van der Waals surface area (Å²) >= 11 is -0.588. The number of benzene rings is 1. The van der Waals surface area contributed by atoms with Gasteiger partial charge in [-0.2, -0.15) is 0 Å². The molecule has 1 unspecified atom stereocenters. The first-order valence-corrected chi connectivity index (χ1v) is 6.89. The first-order chi connectivity index (χ1) is 7.75. The average Bonchev–Trinajstić information content (AvgIpc) is 2.28. The molecule has 0 amide bonds. The molecule has 0 aliphatic carbocycles. The van der Waals surface area contributed by atoms with Crippen molar-refractivity contribution in [3.8, 4) is 0 Å². The molecular weight excluding hydrogens is 267 g/mol. The number of aromatic nitrogens is 2. The minimum atomic E-state index is -1.99. The molecule has 1 atom stereocenters. The summed E-state index contributed by atoms with van der Waals surface area (Å²) in [6.07, 6.45) is 1.67. The second-order valence-corrected chi connectivity index (χ2v) is 5.18. The van der Waals surface area contributed by atoms with Gasteiger partial charge < -0.3 is 4.55 Å². The van der Waals surface area contributed by atoms with E-state index < -0.39 is 11.1 Å². The van der Waals surface area contributed by atoms with Gasteiger partial charge in [0, 0.05) is 11.5 Å². The van der Waals surface area contributed by atoms with Crippen molar-refractivity contribution in [3.63, 3.8) is 0 Å². The number of para-hydroxylation sites is 2. The van der Waals surface area contributed by atoms with E-state index in [2.05, 4.69) is 9.97 Å². The van der Waals surface area contributed by atoms with Crippen LogP contribution in [-0.2, 0) is 11.1 Å². The van der Waals surface area contributed by atoms with Crippen LogP contribution in [0.4, 0.5) is 0 Å². The first kappa shape index (κ1) is 15.1. The van der Waals surface area contributed by atoms with E-state index in [1.807, 2.05) is 24.3 Å². The van der Waals surface area contributed by atoms with Crippen molar-refractivity contribution < 1.29 is 38.3 Å². The van der Waals surface area contributed by atoms with E-state index in [1.54, 1.807) is 6.20 Å². The average molecular weight is 276 g/mol. The summed E-state index contributed by atoms with van der Waals surface area (Å²) in [5, 5.41) is 0.754. The Morgan fingerprint density at radius 2 is 2.00 bits per heavy atom. The minimum Gasteiger partial charge on any atom is -0.772 e. The Labute approximate surface area is 128 Å². The van der Waals surface area contributed by atoms with Crippen LogP contribution < -0.4 is 29.6 Å². The molecule has 84 valence electrons. The van der Waals surface area contributed by atoms with Gasteiger partial charge in [0.15, 0.2) is 0 Å². The largest absolute Gasteiger partial charge is 1.00 e. The zero-order chi connectivity index (χ0) is 11.4. The summed E-state index contributed by atoms with van der Waals surface area (Å²) in [6, 6.07) is 7.59. The maximum absolute atomic E-state index is 10.4. The van der Waals surface area contributed by atoms with Crippen molar-refractivity contribution in [2.24, 2.45) is 0 Å². The molecule has 4 nitrogen and oxygen atoms in total. The molecule has 0 aliphatic rings. The molecule has 0 saturated heterocycles. The van der Waals surface area contributed by atoms with Crippen LogP contribution >= 0.6 is 11.8 Å². The van der Waals surface area contributed by atoms with Crippen LogP contribution in [0.25, 0.3) is 11.0 Å². The van der Waals surface area contributed by atoms with Crippen LogP contribution in [-0.4, -0.2) is 30.2 Å². The smallest absolute Gasteiger partial charge is 0.772 e. The van der Waals surface area contributed by atoms with E-state index in [4.69, 9.17) is 0 Å². The normalized spacial score (nSPS) is 12.1. The van der Waals surface area contributed by atoms with E-state index in [-0.39, 0.29) is 35.3 Å². The summed E-state index contributed by atoms with van der Waals surface area (Å²) < 4.78 is 20.7. The molecule has 7 heteroatoms. The number of nitrogens with zero attached hydrogens (tertiary/aromatic N) is 2. The fourth-order valence-electron chi connectivity index (χ4n) is 1.22. The Bertz CT molecular complexity index is 524. The van der Waals surface area contributed by atoms with Gasteiger partial charge >= 0.3 is 29.6 Å². The van der Waals surface area contributed by atoms with Gasteiger partial charge in [0.25, 0.3) is 0 Å². The van der Waals surface area contributed by atoms with Gasteiger partial charge in [0.1, 0.15) is 5.03 Å². The van der Waals surface area contributed by atoms with Crippen molar-refractivity contribution in [1.82, 2.24) is 9.97 Å². The van der Waals surface area contributed by atoms with Crippen molar-refractivity contribution in [2.75, 3.05) is 11.5 Å². The molecule has 1 aromatic carbocycles. The third-order valence-electron chi connectivity index (χ3n) is 1.93. The number of rotatable bonds is 4. The molecule has 0 N–H and O–H groups in total. The molecule has 2 rings (SSSR count). The van der Waals surface area contributed by atoms with Crippen LogP contribution in [0.15, 0.2) is 35.5 Å². The second kappa shape index (κ2) is 7.45. The van der Waals surface area contributed by atoms with Crippen LogP contribution in [0.5, 0.6) is 0 Å². The molecule has 0 radical (unpaired) electrons. The minimum absolute atomic E-state index is 0. The van der Waals surface area contributed by atoms with Crippen molar-refractivity contribution >= 4 is 33.9 Å². The number of hydrogen-bond acceptors (Lipinski definition) is 5. The molecule has 0 spiro atoms. The maximum Gasteiger partial charge on any atom is 1.00 e. The van der Waals surface area contributed by atoms with E-state index in [1.165, 1.54) is 11.8 Å². The van der Waals surface area contributed by atoms with E-state index >= 15 is 0 Å². The fourth-order valence-corrected chi connectivity index (χ4v) is 2.60. The second-order valence-electron chi connectivity index (χ2n) is 3.05. The van der Waals surface area contributed by atoms with Gasteiger partial charge in [0.2, 0.25) is 0 Å². The summed E-state index contributed by atoms with van der Waals surface area (Å²) in [5.41, 5.74) is 1.68. The zero-order valence-electron chi connectivity index (χ0n) is 9.33. The third kappa shape index (κ3) is 4.65. The van der Waals surface area contributed by atoms with Crippen molar-refractivity contribution in [3.05, 3.63) is 30.5 Å². The molecule has 0 saturated carbocycles. The SMILES string of the molecule is O=S([O-])CCSc1cnc2ccccc2n1.[Na+]. The van der Waals surface area contributed by atoms with Crippen LogP contribution in [0.2, 0.25) is 0 Å². The van der Waals surface area contributed by atoms with Crippen molar-refractivity contribution in [1.29, 1.82) is 0 Å². The Balaban J connectivity index is 0.00000144. The monoisotopic (exact) mass is 276 g/mol. The van der Waals surface area contributed by atoms with Gasteiger partial charge in [-0.25, -0.2) is 4.98 Å². The molecule has 1 aromatic heterocycles. The third-order valence-corrected chi connectivity index (χ3v) is 3.62. The van der Waals surface area contributed by atoms with E-state index in [0.717, 1.165) is 16.1 Å². The summed E-state index contributed by atoms with van der Waals surface area (Å²) in [6.45, 7) is 0. The first-order valence-electron chi connectivity index (χ1n) is 4.66. The number of thioether (sulfide) groups is 1. The predicted octanol–water partition coefficient (Wildman–Crippen LogP) is -1.39. The topological polar surface area (TPSA) is 65.9 Å². The number of hydrogen-bond donors (Lipinski definition) is 0. The van der Waals surface area contributed by atoms with E-state index in [0.29, 0.717) is 5.75 Å². The van der Waals surface area contributed by atoms with Gasteiger partial charge in [-0.15, -0.1) is 11.8 Å². The molecular formula is C10H9N2NaO2S2. The molecule has 0 bridgehead atoms. The zero-order valence-corrected chi connectivity index (χ0v) is 13.0. The van der Waals surface area contributed by atoms with Crippen LogP contribution in [0.1, 0.15) is 0 Å². The van der Waals surface area contributed by atoms with Crippen molar-refractivity contribution in [2.45, 2.75) is 5.03 Å². The number of fused-ring (bicyclic) bond motifs is 1. The van der Waals surface area contributed by atoms with Gasteiger partial charge in [0.05, 0.1) is 17.2 Å². The van der Waals surface area contributed by atoms with Crippen LogP contribution in [0, 0.1) is 0 Å². The Kier molecular flexibility index (Phi) is 6.61. The van der Waals surface area contributed by atoms with Gasteiger partial charge in [-0.3, -0.25) is 9.19 Å². The molecule has 17 heavy (non-hydrogen) atoms. The summed E-state index contributed by atoms with van der Waals surface area (Å²) in [4.78, 5) is 8.61. The van der Waals surface area contributed by atoms with Gasteiger partial charge in [-0.1, -0.05) is 23.2 Å². The van der Waals surface area contributed by atoms with Gasteiger partial charge in [-0.05, 0) is 12.1 Å². The fraction of sp³-hybridized carbons (Fsp3) is 0.200. The Morgan fingerprint density at radius 1 is 1.29 bits per heavy atom. The molecule has 0 aliphatic heterocycles. The summed E-state index contributed by atoms with van der Waals surface area (Å²) in [5.74, 6) is 0.641. The quantitative estimate of drug-likeness (QED) is 0.390. The Hall–Kier alpha value is 0.0200. The predicted molar refractivity (Wildman–Crippen MR) is 64.0 cm³/mol. The Morgan fingerprint density at radius 3 is 2.71 bits per heavy atom. The molecule has 1 heterocycles. The van der Waals surface area contributed by atoms with E-state index in [9.17, 15) is 8.76 Å². The molecule has 0 fully saturated rings. The van der Waals surface area contributed by atoms with Crippen LogP contribution in [0.3, 0.4) is 0 Å².